The summed E-state index contributed by atoms with van der Waals surface area (Å²) in [6, 6.07) is 7.48. The lowest BCUT2D eigenvalue weighted by Gasteiger charge is -2.18. The Morgan fingerprint density at radius 2 is 2.17 bits per heavy atom. The summed E-state index contributed by atoms with van der Waals surface area (Å²) in [5, 5.41) is 9.54. The second-order valence-electron chi connectivity index (χ2n) is 5.59. The molecule has 0 saturated carbocycles. The number of benzene rings is 1. The van der Waals surface area contributed by atoms with E-state index >= 15 is 0 Å². The third kappa shape index (κ3) is 4.32. The van der Waals surface area contributed by atoms with Crippen LogP contribution in [0.4, 0.5) is 0 Å². The number of carbonyl (C=O) groups is 2. The van der Waals surface area contributed by atoms with Gasteiger partial charge < -0.3 is 14.8 Å². The largest absolute Gasteiger partial charge is 0.478 e. The molecule has 0 amide bonds. The fourth-order valence-electron chi connectivity index (χ4n) is 2.73. The number of carboxylic acids is 1. The topological polar surface area (TPSA) is 82.6 Å². The zero-order valence-corrected chi connectivity index (χ0v) is 13.4. The monoisotopic (exact) mass is 318 g/mol. The van der Waals surface area contributed by atoms with Gasteiger partial charge in [0.2, 0.25) is 0 Å². The van der Waals surface area contributed by atoms with Crippen molar-refractivity contribution in [2.24, 2.45) is 0 Å². The van der Waals surface area contributed by atoms with E-state index in [2.05, 4.69) is 21.5 Å². The first-order valence-electron chi connectivity index (χ1n) is 7.63. The van der Waals surface area contributed by atoms with E-state index in [0.717, 1.165) is 17.4 Å². The summed E-state index contributed by atoms with van der Waals surface area (Å²) < 4.78 is 4.58. The van der Waals surface area contributed by atoms with Crippen molar-refractivity contribution in [3.05, 3.63) is 36.0 Å². The van der Waals surface area contributed by atoms with Crippen molar-refractivity contribution in [2.75, 3.05) is 20.2 Å². The van der Waals surface area contributed by atoms with Crippen molar-refractivity contribution in [3.63, 3.8) is 0 Å². The van der Waals surface area contributed by atoms with Crippen LogP contribution in [0.1, 0.15) is 30.1 Å². The number of nitrogens with zero attached hydrogens (tertiary/aromatic N) is 1. The van der Waals surface area contributed by atoms with Crippen LogP contribution >= 0.6 is 0 Å². The molecule has 0 spiro atoms. The van der Waals surface area contributed by atoms with Gasteiger partial charge in [0.15, 0.2) is 0 Å². The van der Waals surface area contributed by atoms with Crippen LogP contribution in [0.3, 0.4) is 0 Å². The van der Waals surface area contributed by atoms with E-state index in [1.54, 1.807) is 24.4 Å². The van der Waals surface area contributed by atoms with Crippen LogP contribution in [0.5, 0.6) is 0 Å². The SMILES string of the molecule is COC(=O)CN1CCCC1C.O=C(O)c1cccc2[nH]ccc12. The summed E-state index contributed by atoms with van der Waals surface area (Å²) in [7, 11) is 1.43. The quantitative estimate of drug-likeness (QED) is 0.850. The van der Waals surface area contributed by atoms with Gasteiger partial charge in [0.1, 0.15) is 0 Å². The molecule has 0 bridgehead atoms. The van der Waals surface area contributed by atoms with Crippen molar-refractivity contribution < 1.29 is 19.4 Å². The average molecular weight is 318 g/mol. The summed E-state index contributed by atoms with van der Waals surface area (Å²) in [6.45, 7) is 3.64. The number of nitrogens with one attached hydrogen (secondary N) is 1. The zero-order valence-electron chi connectivity index (χ0n) is 13.4. The molecular weight excluding hydrogens is 296 g/mol. The number of carboxylic acid groups (broad SMARTS) is 1. The molecule has 3 rings (SSSR count). The smallest absolute Gasteiger partial charge is 0.336 e. The maximum absolute atomic E-state index is 10.8. The van der Waals surface area contributed by atoms with Gasteiger partial charge in [-0.15, -0.1) is 0 Å². The molecule has 2 heterocycles. The summed E-state index contributed by atoms with van der Waals surface area (Å²) in [6.07, 6.45) is 4.15. The van der Waals surface area contributed by atoms with E-state index in [9.17, 15) is 9.59 Å². The number of likely N-dealkylation sites (tertiary alicyclic amines) is 1. The third-order valence-corrected chi connectivity index (χ3v) is 4.08. The van der Waals surface area contributed by atoms with Gasteiger partial charge in [-0.3, -0.25) is 9.69 Å². The predicted molar refractivity (Wildman–Crippen MR) is 87.5 cm³/mol. The molecule has 1 aliphatic rings. The number of esters is 1. The summed E-state index contributed by atoms with van der Waals surface area (Å²) in [5.41, 5.74) is 1.20. The standard InChI is InChI=1S/C9H7NO2.C8H15NO2/c11-9(12)7-2-1-3-8-6(7)4-5-10-8;1-7-4-3-5-9(7)6-8(10)11-2/h1-5,10H,(H,11,12);7H,3-6H2,1-2H3. The Bertz CT molecular complexity index is 680. The van der Waals surface area contributed by atoms with Crippen LogP contribution in [0.25, 0.3) is 10.9 Å². The number of H-pyrrole nitrogens is 1. The van der Waals surface area contributed by atoms with Gasteiger partial charge in [0.25, 0.3) is 0 Å². The number of fused-ring (bicyclic) bond motifs is 1. The van der Waals surface area contributed by atoms with E-state index in [0.29, 0.717) is 18.2 Å². The second kappa shape index (κ2) is 7.78. The molecule has 1 atom stereocenters. The summed E-state index contributed by atoms with van der Waals surface area (Å²) in [5.74, 6) is -1.01. The Morgan fingerprint density at radius 3 is 2.78 bits per heavy atom. The molecular formula is C17H22N2O4. The average Bonchev–Trinajstić information content (AvgIpc) is 3.16. The van der Waals surface area contributed by atoms with Crippen LogP contribution in [0.15, 0.2) is 30.5 Å². The van der Waals surface area contributed by atoms with Crippen LogP contribution in [0.2, 0.25) is 0 Å². The molecule has 2 N–H and O–H groups in total. The normalized spacial score (nSPS) is 17.6. The lowest BCUT2D eigenvalue weighted by Crippen LogP contribution is -2.32. The molecule has 6 nitrogen and oxygen atoms in total. The van der Waals surface area contributed by atoms with Crippen LogP contribution in [-0.4, -0.2) is 53.2 Å². The van der Waals surface area contributed by atoms with Crippen molar-refractivity contribution in [2.45, 2.75) is 25.8 Å². The third-order valence-electron chi connectivity index (χ3n) is 4.08. The first kappa shape index (κ1) is 17.0. The Kier molecular flexibility index (Phi) is 5.76. The Balaban J connectivity index is 0.000000168. The molecule has 1 aromatic heterocycles. The highest BCUT2D eigenvalue weighted by atomic mass is 16.5. The van der Waals surface area contributed by atoms with Crippen molar-refractivity contribution >= 4 is 22.8 Å². The number of aromatic amines is 1. The summed E-state index contributed by atoms with van der Waals surface area (Å²) >= 11 is 0. The first-order chi connectivity index (χ1) is 11.0. The van der Waals surface area contributed by atoms with Gasteiger partial charge in [-0.05, 0) is 44.5 Å². The number of aromatic carboxylic acids is 1. The molecule has 124 valence electrons. The molecule has 0 aliphatic carbocycles. The van der Waals surface area contributed by atoms with Gasteiger partial charge in [-0.25, -0.2) is 4.79 Å². The van der Waals surface area contributed by atoms with Crippen molar-refractivity contribution in [1.29, 1.82) is 0 Å². The Morgan fingerprint density at radius 1 is 1.39 bits per heavy atom. The van der Waals surface area contributed by atoms with Crippen LogP contribution in [-0.2, 0) is 9.53 Å². The highest BCUT2D eigenvalue weighted by molar-refractivity contribution is 6.02. The number of aromatic nitrogens is 1. The molecule has 1 saturated heterocycles. The van der Waals surface area contributed by atoms with Gasteiger partial charge in [0.05, 0.1) is 19.2 Å². The van der Waals surface area contributed by atoms with Gasteiger partial charge >= 0.3 is 11.9 Å². The summed E-state index contributed by atoms with van der Waals surface area (Å²) in [4.78, 5) is 26.7. The van der Waals surface area contributed by atoms with Gasteiger partial charge in [-0.2, -0.15) is 0 Å². The van der Waals surface area contributed by atoms with Crippen LogP contribution < -0.4 is 0 Å². The molecule has 1 aromatic carbocycles. The molecule has 1 unspecified atom stereocenters. The number of carbonyl (C=O) groups excluding carboxylic acids is 1. The van der Waals surface area contributed by atoms with E-state index in [-0.39, 0.29) is 5.97 Å². The lowest BCUT2D eigenvalue weighted by atomic mass is 10.1. The maximum atomic E-state index is 10.8. The highest BCUT2D eigenvalue weighted by Gasteiger charge is 2.22. The molecule has 1 fully saturated rings. The van der Waals surface area contributed by atoms with Crippen molar-refractivity contribution in [3.8, 4) is 0 Å². The fourth-order valence-corrected chi connectivity index (χ4v) is 2.73. The number of hydrogen-bond donors (Lipinski definition) is 2. The predicted octanol–water partition coefficient (Wildman–Crippen LogP) is 2.51. The molecule has 23 heavy (non-hydrogen) atoms. The van der Waals surface area contributed by atoms with Crippen LogP contribution in [0, 0.1) is 0 Å². The van der Waals surface area contributed by atoms with Gasteiger partial charge in [-0.1, -0.05) is 6.07 Å². The molecule has 1 aliphatic heterocycles. The van der Waals surface area contributed by atoms with Crippen molar-refractivity contribution in [1.82, 2.24) is 9.88 Å². The molecule has 0 radical (unpaired) electrons. The minimum atomic E-state index is -0.889. The second-order valence-corrected chi connectivity index (χ2v) is 5.59. The lowest BCUT2D eigenvalue weighted by molar-refractivity contribution is -0.142. The molecule has 2 aromatic rings. The molecule has 6 heteroatoms. The minimum absolute atomic E-state index is 0.126. The Labute approximate surface area is 135 Å². The fraction of sp³-hybridized carbons (Fsp3) is 0.412. The number of hydrogen-bond acceptors (Lipinski definition) is 4. The van der Waals surface area contributed by atoms with E-state index < -0.39 is 5.97 Å². The maximum Gasteiger partial charge on any atom is 0.336 e. The first-order valence-corrected chi connectivity index (χ1v) is 7.63. The number of rotatable bonds is 3. The van der Waals surface area contributed by atoms with E-state index in [1.807, 2.05) is 6.07 Å². The zero-order chi connectivity index (χ0) is 16.8. The van der Waals surface area contributed by atoms with E-state index in [4.69, 9.17) is 5.11 Å². The highest BCUT2D eigenvalue weighted by Crippen LogP contribution is 2.17. The van der Waals surface area contributed by atoms with E-state index in [1.165, 1.54) is 20.0 Å². The number of methoxy groups -OCH3 is 1. The van der Waals surface area contributed by atoms with Gasteiger partial charge in [0, 0.05) is 23.1 Å². The minimum Gasteiger partial charge on any atom is -0.478 e. The Hall–Kier alpha value is -2.34. The number of ether oxygens (including phenoxy) is 1.